The lowest BCUT2D eigenvalue weighted by molar-refractivity contribution is 0.630. The fourth-order valence-corrected chi connectivity index (χ4v) is 3.47. The third-order valence-corrected chi connectivity index (χ3v) is 4.90. The van der Waals surface area contributed by atoms with Crippen molar-refractivity contribution in [2.24, 2.45) is 0 Å². The number of hydrogen-bond acceptors (Lipinski definition) is 3. The number of imidazole rings is 1. The highest BCUT2D eigenvalue weighted by atomic mass is 16.1. The minimum atomic E-state index is -0.213. The lowest BCUT2D eigenvalue weighted by Crippen LogP contribution is -2.21. The monoisotopic (exact) mass is 355 g/mol. The molecule has 3 heterocycles. The van der Waals surface area contributed by atoms with Gasteiger partial charge < -0.3 is 4.98 Å². The standard InChI is InChI=1S/C21H17N5O/c1-13(14-7-3-2-4-8-14)26-20-19(25-21(26)27)22-12-18(24-20)17-11-15-9-5-6-10-16(15)23-17/h2-13,23H,1H3,(H,22,25,27)/t13-/m0/s1. The predicted octanol–water partition coefficient (Wildman–Crippen LogP) is 3.88. The number of benzene rings is 2. The van der Waals surface area contributed by atoms with Gasteiger partial charge in [-0.15, -0.1) is 0 Å². The van der Waals surface area contributed by atoms with Crippen molar-refractivity contribution in [3.63, 3.8) is 0 Å². The molecular formula is C21H17N5O. The highest BCUT2D eigenvalue weighted by Gasteiger charge is 2.18. The van der Waals surface area contributed by atoms with Gasteiger partial charge in [-0.25, -0.2) is 14.8 Å². The van der Waals surface area contributed by atoms with E-state index in [2.05, 4.69) is 15.0 Å². The Hall–Kier alpha value is -3.67. The number of fused-ring (bicyclic) bond motifs is 2. The summed E-state index contributed by atoms with van der Waals surface area (Å²) in [5.41, 5.74) is 4.48. The van der Waals surface area contributed by atoms with Crippen molar-refractivity contribution in [1.82, 2.24) is 24.5 Å². The van der Waals surface area contributed by atoms with Gasteiger partial charge in [0.2, 0.25) is 0 Å². The predicted molar refractivity (Wildman–Crippen MR) is 106 cm³/mol. The third-order valence-electron chi connectivity index (χ3n) is 4.90. The van der Waals surface area contributed by atoms with Gasteiger partial charge in [0.1, 0.15) is 5.69 Å². The zero-order chi connectivity index (χ0) is 18.4. The van der Waals surface area contributed by atoms with Gasteiger partial charge >= 0.3 is 5.69 Å². The highest BCUT2D eigenvalue weighted by molar-refractivity contribution is 5.85. The molecule has 6 heteroatoms. The summed E-state index contributed by atoms with van der Waals surface area (Å²) >= 11 is 0. The van der Waals surface area contributed by atoms with Crippen LogP contribution in [0.1, 0.15) is 18.5 Å². The Bertz CT molecular complexity index is 1280. The van der Waals surface area contributed by atoms with Crippen molar-refractivity contribution in [1.29, 1.82) is 0 Å². The number of H-pyrrole nitrogens is 2. The minimum Gasteiger partial charge on any atom is -0.353 e. The first-order valence-electron chi connectivity index (χ1n) is 8.81. The average Bonchev–Trinajstić information content (AvgIpc) is 3.27. The van der Waals surface area contributed by atoms with E-state index < -0.39 is 0 Å². The molecule has 0 aliphatic heterocycles. The van der Waals surface area contributed by atoms with Gasteiger partial charge in [0, 0.05) is 10.9 Å². The minimum absolute atomic E-state index is 0.153. The van der Waals surface area contributed by atoms with Crippen molar-refractivity contribution in [2.75, 3.05) is 0 Å². The average molecular weight is 355 g/mol. The molecule has 1 atom stereocenters. The van der Waals surface area contributed by atoms with E-state index in [0.717, 1.165) is 22.2 Å². The summed E-state index contributed by atoms with van der Waals surface area (Å²) in [6, 6.07) is 19.8. The van der Waals surface area contributed by atoms with Crippen LogP contribution in [0.25, 0.3) is 33.6 Å². The molecule has 27 heavy (non-hydrogen) atoms. The summed E-state index contributed by atoms with van der Waals surface area (Å²) in [5.74, 6) is 0. The topological polar surface area (TPSA) is 79.4 Å². The molecule has 0 saturated carbocycles. The number of nitrogens with one attached hydrogen (secondary N) is 2. The number of nitrogens with zero attached hydrogens (tertiary/aromatic N) is 3. The van der Waals surface area contributed by atoms with Crippen molar-refractivity contribution in [3.8, 4) is 11.4 Å². The Morgan fingerprint density at radius 1 is 1.00 bits per heavy atom. The second-order valence-corrected chi connectivity index (χ2v) is 6.58. The largest absolute Gasteiger partial charge is 0.353 e. The van der Waals surface area contributed by atoms with Crippen LogP contribution in [0.3, 0.4) is 0 Å². The van der Waals surface area contributed by atoms with Crippen molar-refractivity contribution >= 4 is 22.2 Å². The lowest BCUT2D eigenvalue weighted by atomic mass is 10.1. The summed E-state index contributed by atoms with van der Waals surface area (Å²) in [4.78, 5) is 27.9. The Morgan fingerprint density at radius 2 is 1.78 bits per heavy atom. The number of hydrogen-bond donors (Lipinski definition) is 2. The molecule has 2 N–H and O–H groups in total. The molecular weight excluding hydrogens is 338 g/mol. The molecule has 0 aliphatic rings. The van der Waals surface area contributed by atoms with E-state index >= 15 is 0 Å². The van der Waals surface area contributed by atoms with Crippen LogP contribution in [-0.4, -0.2) is 24.5 Å². The van der Waals surface area contributed by atoms with E-state index in [9.17, 15) is 4.79 Å². The van der Waals surface area contributed by atoms with Crippen molar-refractivity contribution in [2.45, 2.75) is 13.0 Å². The van der Waals surface area contributed by atoms with Gasteiger partial charge in [0.15, 0.2) is 11.3 Å². The van der Waals surface area contributed by atoms with E-state index in [1.54, 1.807) is 10.8 Å². The summed E-state index contributed by atoms with van der Waals surface area (Å²) in [6.45, 7) is 1.99. The first-order chi connectivity index (χ1) is 13.2. The Labute approximate surface area is 154 Å². The molecule has 132 valence electrons. The van der Waals surface area contributed by atoms with Gasteiger partial charge in [0.25, 0.3) is 0 Å². The number of rotatable bonds is 3. The molecule has 5 aromatic rings. The highest BCUT2D eigenvalue weighted by Crippen LogP contribution is 2.24. The maximum Gasteiger partial charge on any atom is 0.329 e. The third kappa shape index (κ3) is 2.54. The molecule has 0 bridgehead atoms. The SMILES string of the molecule is C[C@@H](c1ccccc1)n1c(=O)[nH]c2ncc(-c3cc4ccccc4[nH]3)nc21. The zero-order valence-corrected chi connectivity index (χ0v) is 14.7. The molecule has 0 unspecified atom stereocenters. The normalized spacial score (nSPS) is 12.6. The molecule has 3 aromatic heterocycles. The van der Waals surface area contributed by atoms with Crippen molar-refractivity contribution < 1.29 is 0 Å². The van der Waals surface area contributed by atoms with Crippen LogP contribution >= 0.6 is 0 Å². The van der Waals surface area contributed by atoms with Crippen LogP contribution in [0, 0.1) is 0 Å². The van der Waals surface area contributed by atoms with Gasteiger partial charge in [0.05, 0.1) is 17.9 Å². The zero-order valence-electron chi connectivity index (χ0n) is 14.7. The lowest BCUT2D eigenvalue weighted by Gasteiger charge is -2.13. The molecule has 2 aromatic carbocycles. The molecule has 0 amide bonds. The van der Waals surface area contributed by atoms with Crippen LogP contribution in [0.5, 0.6) is 0 Å². The van der Waals surface area contributed by atoms with E-state index in [1.165, 1.54) is 0 Å². The molecule has 0 fully saturated rings. The first kappa shape index (κ1) is 15.6. The number of aromatic amines is 2. The molecule has 0 radical (unpaired) electrons. The quantitative estimate of drug-likeness (QED) is 0.515. The molecule has 0 aliphatic carbocycles. The Morgan fingerprint density at radius 3 is 2.59 bits per heavy atom. The van der Waals surface area contributed by atoms with Crippen LogP contribution < -0.4 is 5.69 Å². The smallest absolute Gasteiger partial charge is 0.329 e. The van der Waals surface area contributed by atoms with Gasteiger partial charge in [-0.2, -0.15) is 0 Å². The van der Waals surface area contributed by atoms with Gasteiger partial charge in [-0.05, 0) is 24.6 Å². The number of aromatic nitrogens is 5. The van der Waals surface area contributed by atoms with Gasteiger partial charge in [-0.1, -0.05) is 48.5 Å². The maximum absolute atomic E-state index is 12.6. The van der Waals surface area contributed by atoms with Crippen LogP contribution in [0.2, 0.25) is 0 Å². The van der Waals surface area contributed by atoms with E-state index in [0.29, 0.717) is 17.0 Å². The first-order valence-corrected chi connectivity index (χ1v) is 8.81. The fourth-order valence-electron chi connectivity index (χ4n) is 3.47. The van der Waals surface area contributed by atoms with Crippen molar-refractivity contribution in [3.05, 3.63) is 82.9 Å². The summed E-state index contributed by atoms with van der Waals surface area (Å²) in [6.07, 6.45) is 1.68. The van der Waals surface area contributed by atoms with E-state index in [1.807, 2.05) is 67.6 Å². The maximum atomic E-state index is 12.6. The van der Waals surface area contributed by atoms with E-state index in [-0.39, 0.29) is 11.7 Å². The van der Waals surface area contributed by atoms with E-state index in [4.69, 9.17) is 4.98 Å². The van der Waals surface area contributed by atoms with Crippen LogP contribution in [-0.2, 0) is 0 Å². The number of para-hydroxylation sites is 1. The van der Waals surface area contributed by atoms with Crippen LogP contribution in [0.15, 0.2) is 71.7 Å². The Kier molecular flexibility index (Phi) is 3.43. The fraction of sp³-hybridized carbons (Fsp3) is 0.0952. The second-order valence-electron chi connectivity index (χ2n) is 6.58. The molecule has 5 rings (SSSR count). The van der Waals surface area contributed by atoms with Gasteiger partial charge in [-0.3, -0.25) is 9.55 Å². The van der Waals surface area contributed by atoms with Crippen LogP contribution in [0.4, 0.5) is 0 Å². The summed E-state index contributed by atoms with van der Waals surface area (Å²) in [7, 11) is 0. The molecule has 6 nitrogen and oxygen atoms in total. The molecule has 0 saturated heterocycles. The second kappa shape index (κ2) is 5.95. The summed E-state index contributed by atoms with van der Waals surface area (Å²) in [5, 5.41) is 1.11. The summed E-state index contributed by atoms with van der Waals surface area (Å²) < 4.78 is 1.66. The Balaban J connectivity index is 1.68. The molecule has 0 spiro atoms.